The maximum absolute atomic E-state index is 9.65. The number of halogens is 1. The molecule has 0 unspecified atom stereocenters. The lowest BCUT2D eigenvalue weighted by molar-refractivity contribution is 0.0383. The van der Waals surface area contributed by atoms with Gasteiger partial charge in [-0.1, -0.05) is 24.6 Å². The number of aliphatic hydroxyl groups is 1. The van der Waals surface area contributed by atoms with Crippen LogP contribution in [-0.2, 0) is 6.54 Å². The van der Waals surface area contributed by atoms with Crippen LogP contribution in [0.15, 0.2) is 30.5 Å². The van der Waals surface area contributed by atoms with Crippen LogP contribution >= 0.6 is 11.6 Å². The van der Waals surface area contributed by atoms with E-state index < -0.39 is 0 Å². The van der Waals surface area contributed by atoms with E-state index in [0.29, 0.717) is 6.61 Å². The number of aliphatic hydroxyl groups excluding tert-OH is 1. The molecular formula is C18H23ClN2O. The van der Waals surface area contributed by atoms with Gasteiger partial charge in [-0.15, -0.1) is 0 Å². The van der Waals surface area contributed by atoms with Gasteiger partial charge in [0.2, 0.25) is 0 Å². The average Bonchev–Trinajstić information content (AvgIpc) is 2.58. The number of fused-ring (bicyclic) bond motifs is 1. The van der Waals surface area contributed by atoms with Crippen LogP contribution in [0.3, 0.4) is 0 Å². The summed E-state index contributed by atoms with van der Waals surface area (Å²) < 4.78 is 0. The quantitative estimate of drug-likeness (QED) is 0.929. The first-order valence-corrected chi connectivity index (χ1v) is 8.40. The highest BCUT2D eigenvalue weighted by Gasteiger charge is 2.32. The predicted octanol–water partition coefficient (Wildman–Crippen LogP) is 3.87. The largest absolute Gasteiger partial charge is 0.396 e. The second-order valence-corrected chi connectivity index (χ2v) is 6.80. The van der Waals surface area contributed by atoms with Crippen LogP contribution in [0.4, 0.5) is 0 Å². The van der Waals surface area contributed by atoms with E-state index in [1.54, 1.807) is 0 Å². The van der Waals surface area contributed by atoms with Gasteiger partial charge in [0.1, 0.15) is 0 Å². The number of rotatable bonds is 4. The first-order valence-electron chi connectivity index (χ1n) is 8.03. The number of benzene rings is 1. The summed E-state index contributed by atoms with van der Waals surface area (Å²) in [5.74, 6) is 0. The van der Waals surface area contributed by atoms with Crippen molar-refractivity contribution in [3.8, 4) is 0 Å². The Morgan fingerprint density at radius 3 is 2.73 bits per heavy atom. The Morgan fingerprint density at radius 2 is 2.05 bits per heavy atom. The molecule has 118 valence electrons. The van der Waals surface area contributed by atoms with Crippen molar-refractivity contribution in [2.24, 2.45) is 5.41 Å². The van der Waals surface area contributed by atoms with Crippen LogP contribution in [0.1, 0.15) is 31.7 Å². The van der Waals surface area contributed by atoms with Gasteiger partial charge in [0.25, 0.3) is 0 Å². The Kier molecular flexibility index (Phi) is 4.67. The lowest BCUT2D eigenvalue weighted by Crippen LogP contribution is -2.41. The van der Waals surface area contributed by atoms with E-state index in [0.717, 1.165) is 54.8 Å². The smallest absolute Gasteiger partial charge is 0.0761 e. The van der Waals surface area contributed by atoms with Crippen LogP contribution in [0.5, 0.6) is 0 Å². The number of piperidine rings is 1. The van der Waals surface area contributed by atoms with Gasteiger partial charge in [0.05, 0.1) is 5.52 Å². The molecule has 1 N–H and O–H groups in total. The van der Waals surface area contributed by atoms with Crippen LogP contribution < -0.4 is 0 Å². The Balaban J connectivity index is 1.77. The molecule has 2 heterocycles. The first kappa shape index (κ1) is 15.7. The summed E-state index contributed by atoms with van der Waals surface area (Å²) in [5.41, 5.74) is 2.37. The van der Waals surface area contributed by atoms with Crippen molar-refractivity contribution in [2.75, 3.05) is 19.7 Å². The molecule has 4 heteroatoms. The second-order valence-electron chi connectivity index (χ2n) is 6.39. The van der Waals surface area contributed by atoms with E-state index in [4.69, 9.17) is 11.6 Å². The van der Waals surface area contributed by atoms with Crippen molar-refractivity contribution in [2.45, 2.75) is 32.7 Å². The molecule has 1 aliphatic heterocycles. The summed E-state index contributed by atoms with van der Waals surface area (Å²) in [5, 5.41) is 11.4. The van der Waals surface area contributed by atoms with Gasteiger partial charge < -0.3 is 5.11 Å². The van der Waals surface area contributed by atoms with Gasteiger partial charge in [-0.25, -0.2) is 0 Å². The monoisotopic (exact) mass is 318 g/mol. The highest BCUT2D eigenvalue weighted by molar-refractivity contribution is 6.35. The molecule has 0 radical (unpaired) electrons. The summed E-state index contributed by atoms with van der Waals surface area (Å²) in [6.07, 6.45) is 5.02. The Labute approximate surface area is 136 Å². The fourth-order valence-corrected chi connectivity index (χ4v) is 3.59. The molecule has 1 aliphatic rings. The summed E-state index contributed by atoms with van der Waals surface area (Å²) in [4.78, 5) is 6.98. The molecule has 0 amide bonds. The second kappa shape index (κ2) is 6.53. The number of hydrogen-bond donors (Lipinski definition) is 1. The summed E-state index contributed by atoms with van der Waals surface area (Å²) >= 11 is 6.27. The SMILES string of the molecule is CCC1(CO)CCN(Cc2ccc(Cl)c3cccnc23)CC1. The highest BCUT2D eigenvalue weighted by Crippen LogP contribution is 2.35. The van der Waals surface area contributed by atoms with Gasteiger partial charge in [-0.2, -0.15) is 0 Å². The van der Waals surface area contributed by atoms with Gasteiger partial charge in [-0.3, -0.25) is 9.88 Å². The summed E-state index contributed by atoms with van der Waals surface area (Å²) in [6, 6.07) is 8.01. The number of aromatic nitrogens is 1. The lowest BCUT2D eigenvalue weighted by Gasteiger charge is -2.40. The molecule has 1 aromatic carbocycles. The molecule has 22 heavy (non-hydrogen) atoms. The number of pyridine rings is 1. The minimum Gasteiger partial charge on any atom is -0.396 e. The normalized spacial score (nSPS) is 18.7. The molecule has 1 aromatic heterocycles. The standard InChI is InChI=1S/C18H23ClN2O/c1-2-18(13-22)7-10-21(11-8-18)12-14-5-6-16(19)15-4-3-9-20-17(14)15/h3-6,9,22H,2,7-8,10-13H2,1H3. The van der Waals surface area contributed by atoms with E-state index in [-0.39, 0.29) is 5.41 Å². The molecule has 3 nitrogen and oxygen atoms in total. The van der Waals surface area contributed by atoms with E-state index >= 15 is 0 Å². The predicted molar refractivity (Wildman–Crippen MR) is 91.1 cm³/mol. The molecule has 2 aromatic rings. The van der Waals surface area contributed by atoms with Gasteiger partial charge in [0, 0.05) is 29.8 Å². The third-order valence-electron chi connectivity index (χ3n) is 5.20. The lowest BCUT2D eigenvalue weighted by atomic mass is 9.77. The van der Waals surface area contributed by atoms with E-state index in [2.05, 4.69) is 22.9 Å². The Hall–Kier alpha value is -1.16. The molecular weight excluding hydrogens is 296 g/mol. The summed E-state index contributed by atoms with van der Waals surface area (Å²) in [7, 11) is 0. The molecule has 0 aliphatic carbocycles. The van der Waals surface area contributed by atoms with Crippen molar-refractivity contribution in [1.82, 2.24) is 9.88 Å². The minimum absolute atomic E-state index is 0.136. The number of hydrogen-bond acceptors (Lipinski definition) is 3. The third kappa shape index (κ3) is 2.98. The zero-order valence-corrected chi connectivity index (χ0v) is 13.8. The van der Waals surface area contributed by atoms with Crippen LogP contribution in [-0.4, -0.2) is 34.7 Å². The van der Waals surface area contributed by atoms with Gasteiger partial charge in [-0.05, 0) is 61.5 Å². The maximum atomic E-state index is 9.65. The van der Waals surface area contributed by atoms with Crippen molar-refractivity contribution in [3.05, 3.63) is 41.0 Å². The van der Waals surface area contributed by atoms with Gasteiger partial charge in [0.15, 0.2) is 0 Å². The van der Waals surface area contributed by atoms with Crippen molar-refractivity contribution >= 4 is 22.5 Å². The minimum atomic E-state index is 0.136. The zero-order valence-electron chi connectivity index (χ0n) is 13.1. The molecule has 1 saturated heterocycles. The summed E-state index contributed by atoms with van der Waals surface area (Å²) in [6.45, 7) is 5.46. The van der Waals surface area contributed by atoms with E-state index in [1.807, 2.05) is 24.4 Å². The molecule has 0 bridgehead atoms. The molecule has 0 atom stereocenters. The zero-order chi connectivity index (χ0) is 15.6. The van der Waals surface area contributed by atoms with E-state index in [9.17, 15) is 5.11 Å². The Morgan fingerprint density at radius 1 is 1.27 bits per heavy atom. The third-order valence-corrected chi connectivity index (χ3v) is 5.53. The molecule has 0 spiro atoms. The van der Waals surface area contributed by atoms with Crippen molar-refractivity contribution in [3.63, 3.8) is 0 Å². The topological polar surface area (TPSA) is 36.4 Å². The molecule has 0 saturated carbocycles. The van der Waals surface area contributed by atoms with Gasteiger partial charge >= 0.3 is 0 Å². The van der Waals surface area contributed by atoms with Crippen LogP contribution in [0.25, 0.3) is 10.9 Å². The first-order chi connectivity index (χ1) is 10.7. The Bertz CT molecular complexity index is 645. The fourth-order valence-electron chi connectivity index (χ4n) is 3.37. The van der Waals surface area contributed by atoms with E-state index in [1.165, 1.54) is 5.56 Å². The number of likely N-dealkylation sites (tertiary alicyclic amines) is 1. The van der Waals surface area contributed by atoms with Crippen molar-refractivity contribution in [1.29, 1.82) is 0 Å². The average molecular weight is 319 g/mol. The van der Waals surface area contributed by atoms with Crippen molar-refractivity contribution < 1.29 is 5.11 Å². The van der Waals surface area contributed by atoms with Crippen LogP contribution in [0, 0.1) is 5.41 Å². The maximum Gasteiger partial charge on any atom is 0.0761 e. The number of nitrogens with zero attached hydrogens (tertiary/aromatic N) is 2. The molecule has 3 rings (SSSR count). The molecule has 1 fully saturated rings. The van der Waals surface area contributed by atoms with Crippen LogP contribution in [0.2, 0.25) is 5.02 Å². The fraction of sp³-hybridized carbons (Fsp3) is 0.500. The highest BCUT2D eigenvalue weighted by atomic mass is 35.5.